The van der Waals surface area contributed by atoms with E-state index >= 15 is 0 Å². The van der Waals surface area contributed by atoms with Crippen molar-refractivity contribution in [2.24, 2.45) is 0 Å². The molecule has 4 nitrogen and oxygen atoms in total. The van der Waals surface area contributed by atoms with Crippen molar-refractivity contribution in [3.63, 3.8) is 0 Å². The summed E-state index contributed by atoms with van der Waals surface area (Å²) < 4.78 is 0.934. The van der Waals surface area contributed by atoms with Crippen molar-refractivity contribution in [3.05, 3.63) is 68.8 Å². The van der Waals surface area contributed by atoms with Gasteiger partial charge in [-0.15, -0.1) is 0 Å². The lowest BCUT2D eigenvalue weighted by molar-refractivity contribution is 0.932. The number of rotatable bonds is 2. The Morgan fingerprint density at radius 1 is 1.11 bits per heavy atom. The maximum atomic E-state index is 11.8. The number of nitrogens with one attached hydrogen (secondary N) is 1. The second kappa shape index (κ2) is 4.93. The van der Waals surface area contributed by atoms with Gasteiger partial charge in [-0.25, -0.2) is 5.10 Å². The molecule has 0 aliphatic heterocycles. The van der Waals surface area contributed by atoms with Gasteiger partial charge < -0.3 is 0 Å². The molecule has 1 aromatic carbocycles. The Balaban J connectivity index is 2.16. The molecule has 0 atom stereocenters. The van der Waals surface area contributed by atoms with E-state index in [1.807, 2.05) is 24.3 Å². The van der Waals surface area contributed by atoms with Gasteiger partial charge in [0.1, 0.15) is 0 Å². The third-order valence-corrected chi connectivity index (χ3v) is 3.44. The summed E-state index contributed by atoms with van der Waals surface area (Å²) in [5.74, 6) is 0. The summed E-state index contributed by atoms with van der Waals surface area (Å²) in [4.78, 5) is 15.7. The summed E-state index contributed by atoms with van der Waals surface area (Å²) >= 11 is 3.43. The van der Waals surface area contributed by atoms with Crippen molar-refractivity contribution in [1.29, 1.82) is 0 Å². The zero-order chi connectivity index (χ0) is 13.2. The van der Waals surface area contributed by atoms with Crippen LogP contribution in [0.5, 0.6) is 0 Å². The fraction of sp³-hybridized carbons (Fsp3) is 0.0714. The minimum atomic E-state index is -0.166. The van der Waals surface area contributed by atoms with E-state index in [0.717, 1.165) is 21.1 Å². The van der Waals surface area contributed by atoms with E-state index in [2.05, 4.69) is 31.1 Å². The Morgan fingerprint density at radius 3 is 2.68 bits per heavy atom. The lowest BCUT2D eigenvalue weighted by atomic mass is 10.1. The van der Waals surface area contributed by atoms with Crippen LogP contribution in [-0.2, 0) is 6.42 Å². The second-order valence-electron chi connectivity index (χ2n) is 4.22. The minimum absolute atomic E-state index is 0.166. The summed E-state index contributed by atoms with van der Waals surface area (Å²) in [5, 5.41) is 8.24. The molecule has 19 heavy (non-hydrogen) atoms. The molecule has 0 aliphatic rings. The van der Waals surface area contributed by atoms with Gasteiger partial charge in [0, 0.05) is 28.7 Å². The number of pyridine rings is 1. The van der Waals surface area contributed by atoms with E-state index in [-0.39, 0.29) is 5.56 Å². The molecule has 0 amide bonds. The van der Waals surface area contributed by atoms with Crippen LogP contribution in [0.15, 0.2) is 52.0 Å². The molecular formula is C14H10BrN3O. The smallest absolute Gasteiger partial charge is 0.267 e. The van der Waals surface area contributed by atoms with Gasteiger partial charge >= 0.3 is 0 Å². The zero-order valence-electron chi connectivity index (χ0n) is 9.93. The molecule has 2 aromatic heterocycles. The predicted octanol–water partition coefficient (Wildman–Crippen LogP) is 2.67. The monoisotopic (exact) mass is 315 g/mol. The van der Waals surface area contributed by atoms with Crippen LogP contribution in [0.25, 0.3) is 10.8 Å². The SMILES string of the molecule is O=c1[nH]nc(Cc2ccncc2)c2cc(Br)ccc12. The van der Waals surface area contributed by atoms with Gasteiger partial charge in [0.15, 0.2) is 0 Å². The molecule has 94 valence electrons. The molecule has 0 bridgehead atoms. The van der Waals surface area contributed by atoms with Crippen molar-refractivity contribution in [2.45, 2.75) is 6.42 Å². The van der Waals surface area contributed by atoms with Gasteiger partial charge in [-0.1, -0.05) is 15.9 Å². The van der Waals surface area contributed by atoms with Crippen molar-refractivity contribution >= 4 is 26.7 Å². The van der Waals surface area contributed by atoms with Crippen LogP contribution in [0.3, 0.4) is 0 Å². The quantitative estimate of drug-likeness (QED) is 0.791. The number of hydrogen-bond acceptors (Lipinski definition) is 3. The van der Waals surface area contributed by atoms with Crippen molar-refractivity contribution < 1.29 is 0 Å². The van der Waals surface area contributed by atoms with Crippen molar-refractivity contribution in [1.82, 2.24) is 15.2 Å². The highest BCUT2D eigenvalue weighted by molar-refractivity contribution is 9.10. The van der Waals surface area contributed by atoms with E-state index in [1.165, 1.54) is 0 Å². The topological polar surface area (TPSA) is 58.6 Å². The van der Waals surface area contributed by atoms with Gasteiger partial charge in [-0.2, -0.15) is 5.10 Å². The highest BCUT2D eigenvalue weighted by atomic mass is 79.9. The maximum absolute atomic E-state index is 11.8. The average molecular weight is 316 g/mol. The molecule has 2 heterocycles. The van der Waals surface area contributed by atoms with Crippen molar-refractivity contribution in [3.8, 4) is 0 Å². The normalized spacial score (nSPS) is 10.8. The number of aromatic amines is 1. The molecule has 1 N–H and O–H groups in total. The Bertz CT molecular complexity index is 784. The molecule has 0 fully saturated rings. The Hall–Kier alpha value is -2.01. The highest BCUT2D eigenvalue weighted by Gasteiger charge is 2.07. The number of H-pyrrole nitrogens is 1. The fourth-order valence-electron chi connectivity index (χ4n) is 2.02. The summed E-state index contributed by atoms with van der Waals surface area (Å²) in [6, 6.07) is 9.46. The lowest BCUT2D eigenvalue weighted by Gasteiger charge is -2.05. The first-order chi connectivity index (χ1) is 9.24. The van der Waals surface area contributed by atoms with Gasteiger partial charge in [0.2, 0.25) is 0 Å². The Labute approximate surface area is 117 Å². The van der Waals surface area contributed by atoms with E-state index < -0.39 is 0 Å². The first-order valence-electron chi connectivity index (χ1n) is 5.80. The zero-order valence-corrected chi connectivity index (χ0v) is 11.5. The standard InChI is InChI=1S/C14H10BrN3O/c15-10-1-2-11-12(8-10)13(17-18-14(11)19)7-9-3-5-16-6-4-9/h1-6,8H,7H2,(H,18,19). The second-order valence-corrected chi connectivity index (χ2v) is 5.14. The Kier molecular flexibility index (Phi) is 3.13. The summed E-state index contributed by atoms with van der Waals surface area (Å²) in [7, 11) is 0. The number of aromatic nitrogens is 3. The number of halogens is 1. The fourth-order valence-corrected chi connectivity index (χ4v) is 2.38. The average Bonchev–Trinajstić information content (AvgIpc) is 2.43. The molecule has 0 spiro atoms. The molecule has 0 aliphatic carbocycles. The van der Waals surface area contributed by atoms with Crippen LogP contribution in [0.2, 0.25) is 0 Å². The Morgan fingerprint density at radius 2 is 1.89 bits per heavy atom. The first-order valence-corrected chi connectivity index (χ1v) is 6.59. The number of nitrogens with zero attached hydrogens (tertiary/aromatic N) is 2. The third kappa shape index (κ3) is 2.42. The molecule has 3 rings (SSSR count). The van der Waals surface area contributed by atoms with Crippen molar-refractivity contribution in [2.75, 3.05) is 0 Å². The third-order valence-electron chi connectivity index (χ3n) is 2.95. The first kappa shape index (κ1) is 12.0. The maximum Gasteiger partial charge on any atom is 0.272 e. The van der Waals surface area contributed by atoms with Gasteiger partial charge in [0.05, 0.1) is 11.1 Å². The van der Waals surface area contributed by atoms with Crippen LogP contribution in [0.1, 0.15) is 11.3 Å². The van der Waals surface area contributed by atoms with Crippen LogP contribution >= 0.6 is 15.9 Å². The van der Waals surface area contributed by atoms with Gasteiger partial charge in [-0.05, 0) is 35.9 Å². The molecular weight excluding hydrogens is 306 g/mol. The van der Waals surface area contributed by atoms with E-state index in [9.17, 15) is 4.79 Å². The largest absolute Gasteiger partial charge is 0.272 e. The number of hydrogen-bond donors (Lipinski definition) is 1. The summed E-state index contributed by atoms with van der Waals surface area (Å²) in [6.45, 7) is 0. The summed E-state index contributed by atoms with van der Waals surface area (Å²) in [6.07, 6.45) is 4.16. The van der Waals surface area contributed by atoms with E-state index in [1.54, 1.807) is 18.5 Å². The predicted molar refractivity (Wildman–Crippen MR) is 77.1 cm³/mol. The number of benzene rings is 1. The van der Waals surface area contributed by atoms with Gasteiger partial charge in [0.25, 0.3) is 5.56 Å². The van der Waals surface area contributed by atoms with Crippen LogP contribution in [0.4, 0.5) is 0 Å². The molecule has 0 radical (unpaired) electrons. The lowest BCUT2D eigenvalue weighted by Crippen LogP contribution is -2.11. The molecule has 0 saturated carbocycles. The number of fused-ring (bicyclic) bond motifs is 1. The molecule has 3 aromatic rings. The van der Waals surface area contributed by atoms with E-state index in [0.29, 0.717) is 11.8 Å². The van der Waals surface area contributed by atoms with Crippen LogP contribution in [0, 0.1) is 0 Å². The minimum Gasteiger partial charge on any atom is -0.267 e. The van der Waals surface area contributed by atoms with E-state index in [4.69, 9.17) is 0 Å². The molecule has 0 unspecified atom stereocenters. The highest BCUT2D eigenvalue weighted by Crippen LogP contribution is 2.20. The molecule has 5 heteroatoms. The summed E-state index contributed by atoms with van der Waals surface area (Å²) in [5.41, 5.74) is 1.79. The molecule has 0 saturated heterocycles. The van der Waals surface area contributed by atoms with Gasteiger partial charge in [-0.3, -0.25) is 9.78 Å². The van der Waals surface area contributed by atoms with Crippen LogP contribution < -0.4 is 5.56 Å². The van der Waals surface area contributed by atoms with Crippen LogP contribution in [-0.4, -0.2) is 15.2 Å².